The number of carbonyl (C=O) groups is 1. The van der Waals surface area contributed by atoms with E-state index in [1.165, 1.54) is 0 Å². The Balaban J connectivity index is 1.66. The van der Waals surface area contributed by atoms with Gasteiger partial charge in [0.1, 0.15) is 17.2 Å². The van der Waals surface area contributed by atoms with E-state index in [4.69, 9.17) is 24.9 Å². The summed E-state index contributed by atoms with van der Waals surface area (Å²) in [6, 6.07) is 16.2. The fourth-order valence-corrected chi connectivity index (χ4v) is 4.74. The second-order valence-electron chi connectivity index (χ2n) is 9.11. The number of rotatable bonds is 7. The molecular weight excluding hydrogens is 496 g/mol. The van der Waals surface area contributed by atoms with Gasteiger partial charge in [-0.3, -0.25) is 4.90 Å². The highest BCUT2D eigenvalue weighted by atomic mass is 16.5. The summed E-state index contributed by atoms with van der Waals surface area (Å²) in [4.78, 5) is 26.9. The van der Waals surface area contributed by atoms with E-state index in [0.717, 1.165) is 22.4 Å². The van der Waals surface area contributed by atoms with Crippen LogP contribution in [0.1, 0.15) is 16.7 Å². The summed E-state index contributed by atoms with van der Waals surface area (Å²) in [6.45, 7) is 4.29. The van der Waals surface area contributed by atoms with Crippen LogP contribution in [0.4, 0.5) is 39.3 Å². The van der Waals surface area contributed by atoms with E-state index in [1.54, 1.807) is 73.7 Å². The summed E-state index contributed by atoms with van der Waals surface area (Å²) >= 11 is 0. The first-order valence-electron chi connectivity index (χ1n) is 12.3. The van der Waals surface area contributed by atoms with Crippen molar-refractivity contribution in [3.63, 3.8) is 0 Å². The quantitative estimate of drug-likeness (QED) is 0.294. The van der Waals surface area contributed by atoms with E-state index < -0.39 is 0 Å². The highest BCUT2D eigenvalue weighted by molar-refractivity contribution is 6.11. The van der Waals surface area contributed by atoms with Crippen LogP contribution >= 0.6 is 0 Å². The topological polar surface area (TPSA) is 115 Å². The van der Waals surface area contributed by atoms with E-state index in [0.29, 0.717) is 52.6 Å². The minimum absolute atomic E-state index is 0.266. The number of hydrogen-bond acceptors (Lipinski definition) is 8. The molecule has 39 heavy (non-hydrogen) atoms. The summed E-state index contributed by atoms with van der Waals surface area (Å²) in [7, 11) is 4.69. The van der Waals surface area contributed by atoms with Crippen LogP contribution in [-0.2, 0) is 6.54 Å². The number of benzene rings is 3. The number of hydrogen-bond donors (Lipinski definition) is 2. The second kappa shape index (κ2) is 10.4. The highest BCUT2D eigenvalue weighted by Crippen LogP contribution is 2.42. The molecule has 0 saturated heterocycles. The van der Waals surface area contributed by atoms with Crippen LogP contribution in [0.25, 0.3) is 0 Å². The summed E-state index contributed by atoms with van der Waals surface area (Å²) < 4.78 is 16.5. The van der Waals surface area contributed by atoms with Crippen molar-refractivity contribution in [3.8, 4) is 17.2 Å². The number of anilines is 6. The van der Waals surface area contributed by atoms with E-state index in [9.17, 15) is 4.79 Å². The number of para-hydroxylation sites is 1. The maximum atomic E-state index is 14.3. The lowest BCUT2D eigenvalue weighted by molar-refractivity contribution is 0.252. The molecule has 0 unspecified atom stereocenters. The zero-order valence-corrected chi connectivity index (χ0v) is 22.5. The van der Waals surface area contributed by atoms with Gasteiger partial charge < -0.3 is 25.3 Å². The number of amides is 2. The fraction of sp³-hybridized carbons (Fsp3) is 0.207. The predicted octanol–water partition coefficient (Wildman–Crippen LogP) is 5.72. The van der Waals surface area contributed by atoms with Crippen molar-refractivity contribution in [2.24, 2.45) is 0 Å². The van der Waals surface area contributed by atoms with E-state index >= 15 is 0 Å². The molecule has 4 aromatic rings. The molecule has 10 nitrogen and oxygen atoms in total. The first-order chi connectivity index (χ1) is 18.8. The Hall–Kier alpha value is -4.99. The van der Waals surface area contributed by atoms with Gasteiger partial charge in [-0.2, -0.15) is 4.98 Å². The average Bonchev–Trinajstić information content (AvgIpc) is 2.94. The number of methoxy groups -OCH3 is 3. The van der Waals surface area contributed by atoms with E-state index in [-0.39, 0.29) is 6.03 Å². The molecule has 1 aliphatic rings. The molecular formula is C29H30N6O4. The Kier molecular flexibility index (Phi) is 6.84. The zero-order valence-electron chi connectivity index (χ0n) is 22.5. The van der Waals surface area contributed by atoms with Crippen LogP contribution in [0.3, 0.4) is 0 Å². The maximum absolute atomic E-state index is 14.3. The molecule has 2 amide bonds. The van der Waals surface area contributed by atoms with Gasteiger partial charge in [0, 0.05) is 29.6 Å². The van der Waals surface area contributed by atoms with Crippen molar-refractivity contribution in [2.45, 2.75) is 20.4 Å². The van der Waals surface area contributed by atoms with Crippen LogP contribution < -0.4 is 35.1 Å². The van der Waals surface area contributed by atoms with Gasteiger partial charge in [0.25, 0.3) is 0 Å². The first kappa shape index (κ1) is 25.7. The number of nitrogens with one attached hydrogen (secondary N) is 1. The molecule has 0 radical (unpaired) electrons. The molecule has 0 bridgehead atoms. The highest BCUT2D eigenvalue weighted by Gasteiger charge is 2.37. The van der Waals surface area contributed by atoms with Crippen LogP contribution in [0, 0.1) is 13.8 Å². The lowest BCUT2D eigenvalue weighted by Crippen LogP contribution is -2.46. The molecule has 3 N–H and O–H groups in total. The lowest BCUT2D eigenvalue weighted by atomic mass is 10.1. The molecule has 0 aliphatic carbocycles. The van der Waals surface area contributed by atoms with Gasteiger partial charge in [0.05, 0.1) is 44.9 Å². The third-order valence-electron chi connectivity index (χ3n) is 6.61. The van der Waals surface area contributed by atoms with Crippen LogP contribution in [0.2, 0.25) is 0 Å². The molecule has 10 heteroatoms. The van der Waals surface area contributed by atoms with Gasteiger partial charge in [0.15, 0.2) is 5.82 Å². The molecule has 2 heterocycles. The van der Waals surface area contributed by atoms with Crippen molar-refractivity contribution in [1.82, 2.24) is 9.97 Å². The zero-order chi connectivity index (χ0) is 27.7. The Morgan fingerprint density at radius 3 is 2.36 bits per heavy atom. The number of nitrogen functional groups attached to an aromatic ring is 1. The molecule has 1 aliphatic heterocycles. The van der Waals surface area contributed by atoms with Crippen molar-refractivity contribution < 1.29 is 19.0 Å². The third kappa shape index (κ3) is 4.72. The van der Waals surface area contributed by atoms with Gasteiger partial charge in [-0.1, -0.05) is 18.2 Å². The van der Waals surface area contributed by atoms with Gasteiger partial charge in [-0.25, -0.2) is 14.7 Å². The number of aromatic nitrogens is 2. The van der Waals surface area contributed by atoms with E-state index in [1.807, 2.05) is 32.0 Å². The number of carbonyl (C=O) groups excluding carboxylic acids is 1. The van der Waals surface area contributed by atoms with Gasteiger partial charge in [0.2, 0.25) is 5.95 Å². The van der Waals surface area contributed by atoms with Crippen molar-refractivity contribution >= 4 is 40.5 Å². The van der Waals surface area contributed by atoms with Crippen molar-refractivity contribution in [1.29, 1.82) is 0 Å². The van der Waals surface area contributed by atoms with Crippen molar-refractivity contribution in [3.05, 3.63) is 77.5 Å². The van der Waals surface area contributed by atoms with Gasteiger partial charge in [-0.15, -0.1) is 0 Å². The Labute approximate surface area is 227 Å². The standard InChI is InChI=1S/C29H30N6O4/c1-17-7-6-8-18(2)26(17)34-16-19-15-31-28(32-22-11-9-20(30)13-24(22)38-4)33-27(19)35(29(34)36)23-12-10-21(37-3)14-25(23)39-5/h6-15H,16,30H2,1-5H3,(H,31,32,33). The minimum atomic E-state index is -0.266. The van der Waals surface area contributed by atoms with Gasteiger partial charge in [-0.05, 0) is 49.2 Å². The number of aryl methyl sites for hydroxylation is 2. The number of nitrogens with zero attached hydrogens (tertiary/aromatic N) is 4. The Morgan fingerprint density at radius 1 is 0.923 bits per heavy atom. The molecule has 0 fully saturated rings. The van der Waals surface area contributed by atoms with Crippen LogP contribution in [0.15, 0.2) is 60.8 Å². The normalized spacial score (nSPS) is 12.7. The average molecular weight is 527 g/mol. The smallest absolute Gasteiger partial charge is 0.335 e. The number of nitrogens with two attached hydrogens (primary N) is 1. The molecule has 0 atom stereocenters. The summed E-state index contributed by atoms with van der Waals surface area (Å²) in [6.07, 6.45) is 1.73. The Morgan fingerprint density at radius 2 is 1.67 bits per heavy atom. The summed E-state index contributed by atoms with van der Waals surface area (Å²) in [5.74, 6) is 2.35. The largest absolute Gasteiger partial charge is 0.497 e. The second-order valence-corrected chi connectivity index (χ2v) is 9.11. The van der Waals surface area contributed by atoms with Crippen LogP contribution in [0.5, 0.6) is 17.2 Å². The lowest BCUT2D eigenvalue weighted by Gasteiger charge is -2.37. The number of ether oxygens (including phenoxy) is 3. The summed E-state index contributed by atoms with van der Waals surface area (Å²) in [5, 5.41) is 3.19. The van der Waals surface area contributed by atoms with Crippen molar-refractivity contribution in [2.75, 3.05) is 42.2 Å². The monoisotopic (exact) mass is 526 g/mol. The maximum Gasteiger partial charge on any atom is 0.335 e. The Bertz CT molecular complexity index is 1540. The van der Waals surface area contributed by atoms with Gasteiger partial charge >= 0.3 is 6.03 Å². The molecule has 1 aromatic heterocycles. The SMILES string of the molecule is COc1ccc(N2C(=O)N(c3c(C)cccc3C)Cc3cnc(Nc4ccc(N)cc4OC)nc32)c(OC)c1. The first-order valence-corrected chi connectivity index (χ1v) is 12.3. The molecule has 3 aromatic carbocycles. The van der Waals surface area contributed by atoms with E-state index in [2.05, 4.69) is 10.3 Å². The molecule has 0 spiro atoms. The minimum Gasteiger partial charge on any atom is -0.497 e. The molecule has 5 rings (SSSR count). The molecule has 0 saturated carbocycles. The third-order valence-corrected chi connectivity index (χ3v) is 6.61. The van der Waals surface area contributed by atoms with Crippen LogP contribution in [-0.4, -0.2) is 37.3 Å². The number of urea groups is 1. The summed E-state index contributed by atoms with van der Waals surface area (Å²) in [5.41, 5.74) is 11.2. The molecule has 200 valence electrons. The fourth-order valence-electron chi connectivity index (χ4n) is 4.74. The predicted molar refractivity (Wildman–Crippen MR) is 152 cm³/mol. The number of fused-ring (bicyclic) bond motifs is 1.